The van der Waals surface area contributed by atoms with E-state index >= 15 is 0 Å². The van der Waals surface area contributed by atoms with Crippen LogP contribution < -0.4 is 21.9 Å². The van der Waals surface area contributed by atoms with Crippen LogP contribution in [0.15, 0.2) is 21.9 Å². The molecule has 0 aliphatic heterocycles. The monoisotopic (exact) mass is 317 g/mol. The molecule has 8 nitrogen and oxygen atoms in total. The lowest BCUT2D eigenvalue weighted by atomic mass is 10.1. The number of carbonyl (C=O) groups excluding carboxylic acids is 1. The van der Waals surface area contributed by atoms with Gasteiger partial charge in [-0.05, 0) is 38.8 Å². The first-order valence-corrected chi connectivity index (χ1v) is 7.17. The smallest absolute Gasteiger partial charge is 0.325 e. The van der Waals surface area contributed by atoms with E-state index in [4.69, 9.17) is 0 Å². The summed E-state index contributed by atoms with van der Waals surface area (Å²) in [6.07, 6.45) is 1.66. The molecular formula is C15H19N5O3. The van der Waals surface area contributed by atoms with E-state index in [2.05, 4.69) is 25.6 Å². The van der Waals surface area contributed by atoms with Crippen molar-refractivity contribution < 1.29 is 4.79 Å². The predicted octanol–water partition coefficient (Wildman–Crippen LogP) is 0.748. The van der Waals surface area contributed by atoms with Crippen LogP contribution in [0.3, 0.4) is 0 Å². The van der Waals surface area contributed by atoms with Crippen LogP contribution in [0.1, 0.15) is 22.5 Å². The maximum absolute atomic E-state index is 11.9. The summed E-state index contributed by atoms with van der Waals surface area (Å²) in [5, 5.41) is 5.43. The molecule has 2 rings (SSSR count). The van der Waals surface area contributed by atoms with Crippen molar-refractivity contribution in [3.05, 3.63) is 55.6 Å². The fourth-order valence-electron chi connectivity index (χ4n) is 2.30. The molecule has 0 fully saturated rings. The van der Waals surface area contributed by atoms with E-state index in [0.717, 1.165) is 17.0 Å². The van der Waals surface area contributed by atoms with Gasteiger partial charge in [0, 0.05) is 24.0 Å². The van der Waals surface area contributed by atoms with Gasteiger partial charge in [0.1, 0.15) is 0 Å². The van der Waals surface area contributed by atoms with Crippen molar-refractivity contribution in [2.75, 3.05) is 11.9 Å². The summed E-state index contributed by atoms with van der Waals surface area (Å²) < 4.78 is 0. The molecule has 0 saturated heterocycles. The Labute approximate surface area is 132 Å². The Kier molecular flexibility index (Phi) is 4.95. The number of carbonyl (C=O) groups is 1. The highest BCUT2D eigenvalue weighted by molar-refractivity contribution is 5.90. The van der Waals surface area contributed by atoms with Gasteiger partial charge in [-0.3, -0.25) is 14.8 Å². The zero-order valence-electron chi connectivity index (χ0n) is 13.2. The second kappa shape index (κ2) is 6.91. The van der Waals surface area contributed by atoms with Crippen molar-refractivity contribution >= 4 is 11.7 Å². The minimum Gasteiger partial charge on any atom is -0.338 e. The van der Waals surface area contributed by atoms with Crippen LogP contribution in [0, 0.1) is 20.8 Å². The zero-order chi connectivity index (χ0) is 17.0. The predicted molar refractivity (Wildman–Crippen MR) is 86.9 cm³/mol. The van der Waals surface area contributed by atoms with E-state index in [0.29, 0.717) is 17.7 Å². The fraction of sp³-hybridized carbons (Fsp3) is 0.333. The van der Waals surface area contributed by atoms with Crippen LogP contribution in [0.25, 0.3) is 0 Å². The first-order chi connectivity index (χ1) is 10.9. The van der Waals surface area contributed by atoms with Crippen molar-refractivity contribution in [2.45, 2.75) is 27.2 Å². The minimum absolute atomic E-state index is 0.262. The molecule has 122 valence electrons. The number of aromatic amines is 2. The quantitative estimate of drug-likeness (QED) is 0.665. The van der Waals surface area contributed by atoms with Gasteiger partial charge in [0.25, 0.3) is 5.56 Å². The van der Waals surface area contributed by atoms with Gasteiger partial charge in [-0.2, -0.15) is 0 Å². The number of pyridine rings is 1. The van der Waals surface area contributed by atoms with Gasteiger partial charge in [-0.25, -0.2) is 9.59 Å². The second-order valence-electron chi connectivity index (χ2n) is 5.27. The Hall–Kier alpha value is -2.90. The van der Waals surface area contributed by atoms with E-state index < -0.39 is 11.2 Å². The van der Waals surface area contributed by atoms with Gasteiger partial charge in [0.2, 0.25) is 0 Å². The number of hydrogen-bond donors (Lipinski definition) is 4. The number of hydrogen-bond acceptors (Lipinski definition) is 4. The lowest BCUT2D eigenvalue weighted by molar-refractivity contribution is 0.252. The van der Waals surface area contributed by atoms with Crippen LogP contribution >= 0.6 is 0 Å². The SMILES string of the molecule is Cc1cc(C)c(NC(=O)NCCc2c[nH]c(=O)[nH]c2=O)c(C)n1. The van der Waals surface area contributed by atoms with Crippen LogP contribution in [-0.2, 0) is 6.42 Å². The Balaban J connectivity index is 1.93. The lowest BCUT2D eigenvalue weighted by Gasteiger charge is -2.12. The van der Waals surface area contributed by atoms with Gasteiger partial charge in [0.05, 0.1) is 11.4 Å². The highest BCUT2D eigenvalue weighted by Gasteiger charge is 2.09. The molecule has 2 amide bonds. The van der Waals surface area contributed by atoms with E-state index in [1.165, 1.54) is 6.20 Å². The summed E-state index contributed by atoms with van der Waals surface area (Å²) in [5.74, 6) is 0. The van der Waals surface area contributed by atoms with Crippen molar-refractivity contribution in [3.63, 3.8) is 0 Å². The Morgan fingerprint density at radius 2 is 2.00 bits per heavy atom. The molecular weight excluding hydrogens is 298 g/mol. The Morgan fingerprint density at radius 3 is 2.65 bits per heavy atom. The third kappa shape index (κ3) is 4.29. The van der Waals surface area contributed by atoms with Gasteiger partial charge < -0.3 is 15.6 Å². The number of nitrogens with zero attached hydrogens (tertiary/aromatic N) is 1. The maximum Gasteiger partial charge on any atom is 0.325 e. The normalized spacial score (nSPS) is 10.4. The highest BCUT2D eigenvalue weighted by Crippen LogP contribution is 2.18. The number of H-pyrrole nitrogens is 2. The maximum atomic E-state index is 11.9. The average Bonchev–Trinajstić information content (AvgIpc) is 2.45. The van der Waals surface area contributed by atoms with Gasteiger partial charge in [-0.1, -0.05) is 0 Å². The summed E-state index contributed by atoms with van der Waals surface area (Å²) in [5.41, 5.74) is 2.64. The number of aromatic nitrogens is 3. The molecule has 0 atom stereocenters. The van der Waals surface area contributed by atoms with Crippen LogP contribution in [-0.4, -0.2) is 27.5 Å². The van der Waals surface area contributed by atoms with Gasteiger partial charge in [0.15, 0.2) is 0 Å². The van der Waals surface area contributed by atoms with Crippen molar-refractivity contribution in [1.29, 1.82) is 0 Å². The molecule has 0 bridgehead atoms. The molecule has 0 aliphatic carbocycles. The fourth-order valence-corrected chi connectivity index (χ4v) is 2.30. The number of aryl methyl sites for hydroxylation is 3. The molecule has 0 saturated carbocycles. The molecule has 23 heavy (non-hydrogen) atoms. The van der Waals surface area contributed by atoms with Gasteiger partial charge >= 0.3 is 11.7 Å². The molecule has 0 spiro atoms. The Morgan fingerprint density at radius 1 is 1.26 bits per heavy atom. The van der Waals surface area contributed by atoms with Crippen molar-refractivity contribution in [2.24, 2.45) is 0 Å². The summed E-state index contributed by atoms with van der Waals surface area (Å²) in [6, 6.07) is 1.52. The number of rotatable bonds is 4. The number of urea groups is 1. The van der Waals surface area contributed by atoms with Crippen molar-refractivity contribution in [1.82, 2.24) is 20.3 Å². The zero-order valence-corrected chi connectivity index (χ0v) is 13.2. The van der Waals surface area contributed by atoms with E-state index in [9.17, 15) is 14.4 Å². The van der Waals surface area contributed by atoms with E-state index in [-0.39, 0.29) is 12.6 Å². The third-order valence-corrected chi connectivity index (χ3v) is 3.34. The standard InChI is InChI=1S/C15H19N5O3/c1-8-6-9(2)18-10(3)12(8)19-14(22)16-5-4-11-7-17-15(23)20-13(11)21/h6-7H,4-5H2,1-3H3,(H2,16,19,22)(H2,17,20,21,23). The number of anilines is 1. The van der Waals surface area contributed by atoms with Crippen LogP contribution in [0.4, 0.5) is 10.5 Å². The average molecular weight is 317 g/mol. The molecule has 4 N–H and O–H groups in total. The van der Waals surface area contributed by atoms with Crippen LogP contribution in [0.5, 0.6) is 0 Å². The van der Waals surface area contributed by atoms with E-state index in [1.54, 1.807) is 0 Å². The summed E-state index contributed by atoms with van der Waals surface area (Å²) >= 11 is 0. The third-order valence-electron chi connectivity index (χ3n) is 3.34. The number of amides is 2. The summed E-state index contributed by atoms with van der Waals surface area (Å²) in [6.45, 7) is 5.89. The highest BCUT2D eigenvalue weighted by atomic mass is 16.2. The molecule has 2 aromatic rings. The van der Waals surface area contributed by atoms with Crippen molar-refractivity contribution in [3.8, 4) is 0 Å². The molecule has 0 radical (unpaired) electrons. The summed E-state index contributed by atoms with van der Waals surface area (Å²) in [7, 11) is 0. The summed E-state index contributed by atoms with van der Waals surface area (Å²) in [4.78, 5) is 43.2. The molecule has 2 aromatic heterocycles. The van der Waals surface area contributed by atoms with E-state index in [1.807, 2.05) is 26.8 Å². The molecule has 0 aliphatic rings. The van der Waals surface area contributed by atoms with Crippen LogP contribution in [0.2, 0.25) is 0 Å². The first-order valence-electron chi connectivity index (χ1n) is 7.17. The van der Waals surface area contributed by atoms with Gasteiger partial charge in [-0.15, -0.1) is 0 Å². The second-order valence-corrected chi connectivity index (χ2v) is 5.27. The minimum atomic E-state index is -0.553. The largest absolute Gasteiger partial charge is 0.338 e. The number of nitrogens with one attached hydrogen (secondary N) is 4. The molecule has 0 aromatic carbocycles. The molecule has 0 unspecified atom stereocenters. The molecule has 8 heteroatoms. The topological polar surface area (TPSA) is 120 Å². The Bertz CT molecular complexity index is 814. The lowest BCUT2D eigenvalue weighted by Crippen LogP contribution is -2.33. The molecule has 2 heterocycles. The first kappa shape index (κ1) is 16.5.